The van der Waals surface area contributed by atoms with Crippen LogP contribution in [0.5, 0.6) is 0 Å². The Kier molecular flexibility index (Phi) is 4.90. The summed E-state index contributed by atoms with van der Waals surface area (Å²) in [5, 5.41) is 15.0. The molecule has 4 heteroatoms. The van der Waals surface area contributed by atoms with E-state index in [0.717, 1.165) is 12.5 Å². The van der Waals surface area contributed by atoms with Gasteiger partial charge in [0.25, 0.3) is 0 Å². The average molecular weight is 200 g/mol. The Labute approximate surface area is 85.1 Å². The van der Waals surface area contributed by atoms with Gasteiger partial charge in [0.1, 0.15) is 0 Å². The van der Waals surface area contributed by atoms with E-state index < -0.39 is 6.10 Å². The number of carbonyl (C=O) groups is 1. The predicted molar refractivity (Wildman–Crippen MR) is 54.9 cm³/mol. The first-order valence-electron chi connectivity index (χ1n) is 5.37. The van der Waals surface area contributed by atoms with Gasteiger partial charge in [0.15, 0.2) is 0 Å². The molecule has 0 radical (unpaired) electrons. The topological polar surface area (TPSA) is 61.4 Å². The highest BCUT2D eigenvalue weighted by atomic mass is 16.3. The molecular formula is C10H20N2O2. The smallest absolute Gasteiger partial charge is 0.234 e. The van der Waals surface area contributed by atoms with Gasteiger partial charge >= 0.3 is 0 Å². The van der Waals surface area contributed by atoms with Gasteiger partial charge in [-0.15, -0.1) is 0 Å². The normalized spacial score (nSPS) is 17.9. The van der Waals surface area contributed by atoms with Crippen LogP contribution in [0.4, 0.5) is 0 Å². The maximum absolute atomic E-state index is 11.2. The van der Waals surface area contributed by atoms with Crippen molar-refractivity contribution < 1.29 is 9.90 Å². The minimum Gasteiger partial charge on any atom is -0.391 e. The molecule has 1 unspecified atom stereocenters. The number of carbonyl (C=O) groups excluding carboxylic acids is 1. The third-order valence-electron chi connectivity index (χ3n) is 2.42. The molecule has 82 valence electrons. The Morgan fingerprint density at radius 3 is 2.86 bits per heavy atom. The molecule has 1 aliphatic carbocycles. The molecule has 1 amide bonds. The quantitative estimate of drug-likeness (QED) is 0.536. The Balaban J connectivity index is 1.92. The number of nitrogens with one attached hydrogen (secondary N) is 2. The van der Waals surface area contributed by atoms with Crippen molar-refractivity contribution in [3.05, 3.63) is 0 Å². The van der Waals surface area contributed by atoms with Crippen LogP contribution in [-0.2, 0) is 4.79 Å². The fourth-order valence-corrected chi connectivity index (χ4v) is 1.15. The van der Waals surface area contributed by atoms with Gasteiger partial charge in [-0.3, -0.25) is 4.79 Å². The lowest BCUT2D eigenvalue weighted by molar-refractivity contribution is -0.120. The summed E-state index contributed by atoms with van der Waals surface area (Å²) in [6.45, 7) is 3.57. The maximum atomic E-state index is 11.2. The lowest BCUT2D eigenvalue weighted by Gasteiger charge is -2.09. The van der Waals surface area contributed by atoms with Crippen molar-refractivity contribution in [2.75, 3.05) is 19.6 Å². The van der Waals surface area contributed by atoms with E-state index in [0.29, 0.717) is 19.5 Å². The molecule has 1 rings (SSSR count). The van der Waals surface area contributed by atoms with Crippen LogP contribution in [0.25, 0.3) is 0 Å². The molecule has 14 heavy (non-hydrogen) atoms. The van der Waals surface area contributed by atoms with Crippen LogP contribution >= 0.6 is 0 Å². The fraction of sp³-hybridized carbons (Fsp3) is 0.900. The molecule has 0 aromatic heterocycles. The molecule has 0 aromatic rings. The number of rotatable bonds is 7. The molecule has 1 atom stereocenters. The minimum absolute atomic E-state index is 0.0295. The molecule has 0 heterocycles. The molecule has 0 bridgehead atoms. The van der Waals surface area contributed by atoms with Gasteiger partial charge in [0.05, 0.1) is 12.6 Å². The van der Waals surface area contributed by atoms with Crippen molar-refractivity contribution in [3.63, 3.8) is 0 Å². The molecule has 0 aliphatic heterocycles. The summed E-state index contributed by atoms with van der Waals surface area (Å²) in [6.07, 6.45) is 2.85. The Morgan fingerprint density at radius 1 is 1.57 bits per heavy atom. The summed E-state index contributed by atoms with van der Waals surface area (Å²) in [4.78, 5) is 11.2. The van der Waals surface area contributed by atoms with E-state index >= 15 is 0 Å². The fourth-order valence-electron chi connectivity index (χ4n) is 1.15. The molecule has 1 aliphatic rings. The van der Waals surface area contributed by atoms with E-state index in [1.54, 1.807) is 0 Å². The minimum atomic E-state index is -0.414. The van der Waals surface area contributed by atoms with Crippen molar-refractivity contribution in [1.29, 1.82) is 0 Å². The Hall–Kier alpha value is -0.610. The first-order valence-corrected chi connectivity index (χ1v) is 5.37. The van der Waals surface area contributed by atoms with Gasteiger partial charge < -0.3 is 15.7 Å². The lowest BCUT2D eigenvalue weighted by Crippen LogP contribution is -2.38. The van der Waals surface area contributed by atoms with Gasteiger partial charge in [-0.05, 0) is 31.7 Å². The summed E-state index contributed by atoms with van der Waals surface area (Å²) in [5.74, 6) is 0.766. The second kappa shape index (κ2) is 5.98. The zero-order valence-corrected chi connectivity index (χ0v) is 8.75. The maximum Gasteiger partial charge on any atom is 0.234 e. The third-order valence-corrected chi connectivity index (χ3v) is 2.42. The van der Waals surface area contributed by atoms with Crippen LogP contribution in [0.1, 0.15) is 26.2 Å². The number of hydrogen-bond donors (Lipinski definition) is 3. The summed E-state index contributed by atoms with van der Waals surface area (Å²) < 4.78 is 0. The molecule has 1 fully saturated rings. The Bertz CT molecular complexity index is 181. The predicted octanol–water partition coefficient (Wildman–Crippen LogP) is -0.127. The number of hydrogen-bond acceptors (Lipinski definition) is 3. The zero-order valence-electron chi connectivity index (χ0n) is 8.75. The number of aliphatic hydroxyl groups excluding tert-OH is 1. The van der Waals surface area contributed by atoms with Crippen molar-refractivity contribution in [1.82, 2.24) is 10.6 Å². The lowest BCUT2D eigenvalue weighted by atomic mass is 10.3. The standard InChI is InChI=1S/C10H20N2O2/c1-2-9(13)6-12-10(14)7-11-5-8-3-4-8/h8-9,11,13H,2-7H2,1H3,(H,12,14). The molecule has 0 spiro atoms. The summed E-state index contributed by atoms with van der Waals surface area (Å²) in [6, 6.07) is 0. The molecule has 4 nitrogen and oxygen atoms in total. The van der Waals surface area contributed by atoms with E-state index in [2.05, 4.69) is 10.6 Å². The van der Waals surface area contributed by atoms with E-state index in [1.807, 2.05) is 6.92 Å². The van der Waals surface area contributed by atoms with Crippen LogP contribution in [0.2, 0.25) is 0 Å². The average Bonchev–Trinajstić information content (AvgIpc) is 2.98. The van der Waals surface area contributed by atoms with Gasteiger partial charge in [-0.2, -0.15) is 0 Å². The second-order valence-corrected chi connectivity index (χ2v) is 3.94. The number of aliphatic hydroxyl groups is 1. The third kappa shape index (κ3) is 5.19. The molecule has 0 saturated heterocycles. The summed E-state index contributed by atoms with van der Waals surface area (Å²) >= 11 is 0. The van der Waals surface area contributed by atoms with Crippen LogP contribution < -0.4 is 10.6 Å². The second-order valence-electron chi connectivity index (χ2n) is 3.94. The summed E-state index contributed by atoms with van der Waals surface area (Å²) in [7, 11) is 0. The highest BCUT2D eigenvalue weighted by Crippen LogP contribution is 2.27. The van der Waals surface area contributed by atoms with E-state index in [-0.39, 0.29) is 5.91 Å². The van der Waals surface area contributed by atoms with Gasteiger partial charge in [-0.25, -0.2) is 0 Å². The van der Waals surface area contributed by atoms with Gasteiger partial charge in [0, 0.05) is 6.54 Å². The number of amides is 1. The van der Waals surface area contributed by atoms with Crippen molar-refractivity contribution >= 4 is 5.91 Å². The zero-order chi connectivity index (χ0) is 10.4. The first kappa shape index (κ1) is 11.5. The van der Waals surface area contributed by atoms with Crippen molar-refractivity contribution in [3.8, 4) is 0 Å². The van der Waals surface area contributed by atoms with E-state index in [9.17, 15) is 9.90 Å². The van der Waals surface area contributed by atoms with Crippen molar-refractivity contribution in [2.24, 2.45) is 5.92 Å². The summed E-state index contributed by atoms with van der Waals surface area (Å²) in [5.41, 5.74) is 0. The SMILES string of the molecule is CCC(O)CNC(=O)CNCC1CC1. The van der Waals surface area contributed by atoms with Gasteiger partial charge in [-0.1, -0.05) is 6.92 Å². The van der Waals surface area contributed by atoms with E-state index in [4.69, 9.17) is 0 Å². The van der Waals surface area contributed by atoms with Crippen LogP contribution in [0.15, 0.2) is 0 Å². The molecular weight excluding hydrogens is 180 g/mol. The Morgan fingerprint density at radius 2 is 2.29 bits per heavy atom. The van der Waals surface area contributed by atoms with Crippen LogP contribution in [0.3, 0.4) is 0 Å². The molecule has 1 saturated carbocycles. The van der Waals surface area contributed by atoms with E-state index in [1.165, 1.54) is 12.8 Å². The molecule has 0 aromatic carbocycles. The highest BCUT2D eigenvalue weighted by molar-refractivity contribution is 5.77. The highest BCUT2D eigenvalue weighted by Gasteiger charge is 2.20. The monoisotopic (exact) mass is 200 g/mol. The van der Waals surface area contributed by atoms with Crippen molar-refractivity contribution in [2.45, 2.75) is 32.3 Å². The molecule has 3 N–H and O–H groups in total. The van der Waals surface area contributed by atoms with Gasteiger partial charge in [0.2, 0.25) is 5.91 Å². The van der Waals surface area contributed by atoms with Crippen LogP contribution in [-0.4, -0.2) is 36.8 Å². The first-order chi connectivity index (χ1) is 6.72. The van der Waals surface area contributed by atoms with Crippen LogP contribution in [0, 0.1) is 5.92 Å². The largest absolute Gasteiger partial charge is 0.391 e.